The molecule has 0 unspecified atom stereocenters. The third-order valence-corrected chi connectivity index (χ3v) is 3.66. The first-order chi connectivity index (χ1) is 10.0. The summed E-state index contributed by atoms with van der Waals surface area (Å²) in [7, 11) is 0. The predicted octanol–water partition coefficient (Wildman–Crippen LogP) is 2.94. The number of aromatic nitrogens is 2. The molecule has 0 fully saturated rings. The summed E-state index contributed by atoms with van der Waals surface area (Å²) in [5, 5.41) is 6.75. The summed E-state index contributed by atoms with van der Waals surface area (Å²) >= 11 is 7.61. The lowest BCUT2D eigenvalue weighted by molar-refractivity contribution is 0.571. The molecule has 0 radical (unpaired) electrons. The number of halogens is 3. The summed E-state index contributed by atoms with van der Waals surface area (Å²) in [6.07, 6.45) is 3.30. The second-order valence-corrected chi connectivity index (χ2v) is 5.47. The molecule has 0 aliphatic heterocycles. The van der Waals surface area contributed by atoms with Crippen molar-refractivity contribution in [3.05, 3.63) is 51.4 Å². The van der Waals surface area contributed by atoms with Crippen LogP contribution in [0, 0.1) is 11.6 Å². The van der Waals surface area contributed by atoms with E-state index in [4.69, 9.17) is 11.6 Å². The fourth-order valence-electron chi connectivity index (χ4n) is 1.67. The molecule has 0 saturated carbocycles. The lowest BCUT2D eigenvalue weighted by Crippen LogP contribution is -2.24. The number of nitrogens with one attached hydrogen (secondary N) is 1. The Morgan fingerprint density at radius 1 is 1.43 bits per heavy atom. The van der Waals surface area contributed by atoms with Crippen LogP contribution in [0.1, 0.15) is 0 Å². The minimum Gasteiger partial charge on any atom is -0.382 e. The molecule has 0 atom stereocenters. The van der Waals surface area contributed by atoms with Gasteiger partial charge in [-0.1, -0.05) is 11.6 Å². The molecule has 0 spiro atoms. The molecule has 0 bridgehead atoms. The van der Waals surface area contributed by atoms with Gasteiger partial charge in [0.2, 0.25) is 0 Å². The molecule has 1 heterocycles. The van der Waals surface area contributed by atoms with Crippen LogP contribution in [0.25, 0.3) is 5.69 Å². The quantitative estimate of drug-likeness (QED) is 0.856. The van der Waals surface area contributed by atoms with Crippen LogP contribution in [-0.4, -0.2) is 28.3 Å². The summed E-state index contributed by atoms with van der Waals surface area (Å²) < 4.78 is 27.4. The molecular weight excluding hydrogens is 320 g/mol. The topological polar surface area (TPSA) is 46.9 Å². The molecule has 1 aromatic heterocycles. The molecular formula is C13H12ClF2N3OS. The number of thioether (sulfide) groups is 1. The summed E-state index contributed by atoms with van der Waals surface area (Å²) in [5.41, 5.74) is -0.440. The molecule has 4 nitrogen and oxygen atoms in total. The predicted molar refractivity (Wildman–Crippen MR) is 81.6 cm³/mol. The van der Waals surface area contributed by atoms with Crippen LogP contribution < -0.4 is 10.9 Å². The first-order valence-corrected chi connectivity index (χ1v) is 7.78. The van der Waals surface area contributed by atoms with E-state index < -0.39 is 17.2 Å². The van der Waals surface area contributed by atoms with Gasteiger partial charge in [0.05, 0.1) is 11.9 Å². The highest BCUT2D eigenvalue weighted by Gasteiger charge is 2.13. The third-order valence-electron chi connectivity index (χ3n) is 2.68. The zero-order valence-electron chi connectivity index (χ0n) is 11.1. The normalized spacial score (nSPS) is 10.7. The van der Waals surface area contributed by atoms with E-state index in [0.29, 0.717) is 18.3 Å². The zero-order valence-corrected chi connectivity index (χ0v) is 12.6. The summed E-state index contributed by atoms with van der Waals surface area (Å²) in [6, 6.07) is 2.86. The number of anilines is 1. The lowest BCUT2D eigenvalue weighted by Gasteiger charge is -2.10. The van der Waals surface area contributed by atoms with E-state index in [1.54, 1.807) is 11.8 Å². The fourth-order valence-corrected chi connectivity index (χ4v) is 2.17. The third kappa shape index (κ3) is 3.54. The van der Waals surface area contributed by atoms with Gasteiger partial charge < -0.3 is 5.32 Å². The summed E-state index contributed by atoms with van der Waals surface area (Å²) in [4.78, 5) is 12.1. The average Bonchev–Trinajstić information content (AvgIpc) is 2.45. The zero-order chi connectivity index (χ0) is 15.4. The van der Waals surface area contributed by atoms with Crippen molar-refractivity contribution in [2.45, 2.75) is 0 Å². The van der Waals surface area contributed by atoms with Crippen LogP contribution in [-0.2, 0) is 0 Å². The van der Waals surface area contributed by atoms with Crippen molar-refractivity contribution in [2.24, 2.45) is 0 Å². The minimum absolute atomic E-state index is 0.0881. The largest absolute Gasteiger partial charge is 0.382 e. The van der Waals surface area contributed by atoms with Crippen LogP contribution in [0.15, 0.2) is 29.2 Å². The van der Waals surface area contributed by atoms with Gasteiger partial charge in [0.25, 0.3) is 5.56 Å². The molecule has 2 aromatic rings. The Morgan fingerprint density at radius 3 is 2.86 bits per heavy atom. The van der Waals surface area contributed by atoms with Crippen LogP contribution >= 0.6 is 23.4 Å². The van der Waals surface area contributed by atoms with Gasteiger partial charge in [-0.15, -0.1) is 0 Å². The van der Waals surface area contributed by atoms with Crippen molar-refractivity contribution in [1.82, 2.24) is 9.78 Å². The van der Waals surface area contributed by atoms with Crippen LogP contribution in [0.2, 0.25) is 5.02 Å². The van der Waals surface area contributed by atoms with E-state index in [2.05, 4.69) is 10.4 Å². The summed E-state index contributed by atoms with van der Waals surface area (Å²) in [5.74, 6) is -0.777. The Morgan fingerprint density at radius 2 is 2.19 bits per heavy atom. The maximum atomic E-state index is 13.7. The molecule has 0 saturated heterocycles. The molecule has 0 amide bonds. The highest BCUT2D eigenvalue weighted by atomic mass is 35.5. The van der Waals surface area contributed by atoms with Crippen LogP contribution in [0.5, 0.6) is 0 Å². The van der Waals surface area contributed by atoms with E-state index in [1.165, 1.54) is 6.20 Å². The first kappa shape index (κ1) is 15.8. The van der Waals surface area contributed by atoms with Gasteiger partial charge in [0, 0.05) is 18.4 Å². The molecule has 112 valence electrons. The van der Waals surface area contributed by atoms with E-state index in [9.17, 15) is 13.6 Å². The molecule has 1 aromatic carbocycles. The smallest absolute Gasteiger partial charge is 0.292 e. The molecule has 8 heteroatoms. The SMILES string of the molecule is CSCCNc1cnn(-c2ccc(F)cc2F)c(=O)c1Cl. The van der Waals surface area contributed by atoms with Crippen molar-refractivity contribution in [3.63, 3.8) is 0 Å². The number of rotatable bonds is 5. The number of benzene rings is 1. The Kier molecular flexibility index (Phi) is 5.19. The van der Waals surface area contributed by atoms with Gasteiger partial charge in [0.15, 0.2) is 5.82 Å². The Hall–Kier alpha value is -1.60. The Bertz CT molecular complexity index is 708. The van der Waals surface area contributed by atoms with Gasteiger partial charge in [-0.3, -0.25) is 4.79 Å². The molecule has 21 heavy (non-hydrogen) atoms. The first-order valence-electron chi connectivity index (χ1n) is 6.00. The second kappa shape index (κ2) is 6.91. The molecule has 2 rings (SSSR count). The standard InChI is InChI=1S/C13H12ClF2N3OS/c1-21-5-4-17-10-7-18-19(13(20)12(10)14)11-3-2-8(15)6-9(11)16/h2-3,6-7,17H,4-5H2,1H3. The highest BCUT2D eigenvalue weighted by molar-refractivity contribution is 7.98. The van der Waals surface area contributed by atoms with Gasteiger partial charge in [-0.2, -0.15) is 21.5 Å². The van der Waals surface area contributed by atoms with Crippen molar-refractivity contribution in [3.8, 4) is 5.69 Å². The average molecular weight is 332 g/mol. The van der Waals surface area contributed by atoms with Gasteiger partial charge >= 0.3 is 0 Å². The van der Waals surface area contributed by atoms with Gasteiger partial charge in [-0.25, -0.2) is 8.78 Å². The Balaban J connectivity index is 2.38. The maximum Gasteiger partial charge on any atom is 0.292 e. The van der Waals surface area contributed by atoms with Gasteiger partial charge in [0.1, 0.15) is 16.5 Å². The fraction of sp³-hybridized carbons (Fsp3) is 0.231. The number of nitrogens with zero attached hydrogens (tertiary/aromatic N) is 2. The number of hydrogen-bond donors (Lipinski definition) is 1. The van der Waals surface area contributed by atoms with E-state index in [0.717, 1.165) is 22.6 Å². The second-order valence-electron chi connectivity index (χ2n) is 4.10. The van der Waals surface area contributed by atoms with Crippen LogP contribution in [0.4, 0.5) is 14.5 Å². The van der Waals surface area contributed by atoms with E-state index >= 15 is 0 Å². The van der Waals surface area contributed by atoms with E-state index in [-0.39, 0.29) is 10.7 Å². The Labute approximate surface area is 129 Å². The number of hydrogen-bond acceptors (Lipinski definition) is 4. The van der Waals surface area contributed by atoms with Crippen molar-refractivity contribution < 1.29 is 8.78 Å². The summed E-state index contributed by atoms with van der Waals surface area (Å²) in [6.45, 7) is 0.622. The monoisotopic (exact) mass is 331 g/mol. The van der Waals surface area contributed by atoms with Crippen LogP contribution in [0.3, 0.4) is 0 Å². The van der Waals surface area contributed by atoms with Crippen molar-refractivity contribution >= 4 is 29.1 Å². The van der Waals surface area contributed by atoms with E-state index in [1.807, 2.05) is 6.26 Å². The minimum atomic E-state index is -0.885. The van der Waals surface area contributed by atoms with Gasteiger partial charge in [-0.05, 0) is 18.4 Å². The van der Waals surface area contributed by atoms with Crippen molar-refractivity contribution in [2.75, 3.05) is 23.9 Å². The maximum absolute atomic E-state index is 13.7. The molecule has 0 aliphatic carbocycles. The highest BCUT2D eigenvalue weighted by Crippen LogP contribution is 2.18. The lowest BCUT2D eigenvalue weighted by atomic mass is 10.3. The van der Waals surface area contributed by atoms with Crippen molar-refractivity contribution in [1.29, 1.82) is 0 Å². The molecule has 1 N–H and O–H groups in total. The molecule has 0 aliphatic rings.